The first-order valence-corrected chi connectivity index (χ1v) is 8.20. The van der Waals surface area contributed by atoms with Gasteiger partial charge in [0.25, 0.3) is 0 Å². The van der Waals surface area contributed by atoms with Crippen molar-refractivity contribution in [3.05, 3.63) is 83.6 Å². The molecule has 1 aromatic heterocycles. The van der Waals surface area contributed by atoms with Crippen LogP contribution in [-0.2, 0) is 0 Å². The van der Waals surface area contributed by atoms with Gasteiger partial charge in [0.1, 0.15) is 5.58 Å². The van der Waals surface area contributed by atoms with Crippen LogP contribution < -0.4 is 5.43 Å². The molecule has 0 aliphatic rings. The van der Waals surface area contributed by atoms with E-state index in [1.165, 1.54) is 18.3 Å². The number of hydrogen-bond donors (Lipinski definition) is 2. The molecule has 0 atom stereocenters. The van der Waals surface area contributed by atoms with Crippen LogP contribution in [0.5, 0.6) is 0 Å². The van der Waals surface area contributed by atoms with Crippen LogP contribution in [0.15, 0.2) is 76.2 Å². The molecule has 4 aromatic rings. The van der Waals surface area contributed by atoms with Crippen LogP contribution in [0.25, 0.3) is 21.7 Å². The predicted octanol–water partition coefficient (Wildman–Crippen LogP) is 4.05. The first kappa shape index (κ1) is 16.5. The van der Waals surface area contributed by atoms with E-state index in [9.17, 15) is 9.59 Å². The number of nitrogens with one attached hydrogen (secondary N) is 1. The quantitative estimate of drug-likeness (QED) is 0.425. The van der Waals surface area contributed by atoms with Crippen molar-refractivity contribution in [3.63, 3.8) is 0 Å². The Hall–Kier alpha value is -3.93. The van der Waals surface area contributed by atoms with Gasteiger partial charge in [-0.15, -0.1) is 0 Å². The third kappa shape index (κ3) is 3.28. The van der Waals surface area contributed by atoms with E-state index in [4.69, 9.17) is 9.52 Å². The molecule has 3 aromatic carbocycles. The molecule has 1 amide bonds. The van der Waals surface area contributed by atoms with Crippen LogP contribution in [0.1, 0.15) is 26.5 Å². The first-order valence-electron chi connectivity index (χ1n) is 8.20. The minimum Gasteiger partial charge on any atom is -0.478 e. The van der Waals surface area contributed by atoms with Crippen molar-refractivity contribution >= 4 is 39.8 Å². The lowest BCUT2D eigenvalue weighted by Gasteiger charge is -1.97. The van der Waals surface area contributed by atoms with Crippen molar-refractivity contribution < 1.29 is 19.1 Å². The monoisotopic (exact) mass is 358 g/mol. The summed E-state index contributed by atoms with van der Waals surface area (Å²) < 4.78 is 5.63. The molecular weight excluding hydrogens is 344 g/mol. The second-order valence-electron chi connectivity index (χ2n) is 5.94. The number of carboxylic acids is 1. The number of carbonyl (C=O) groups excluding carboxylic acids is 1. The molecule has 6 nitrogen and oxygen atoms in total. The lowest BCUT2D eigenvalue weighted by atomic mass is 10.1. The van der Waals surface area contributed by atoms with E-state index in [0.717, 1.165) is 16.2 Å². The topological polar surface area (TPSA) is 91.9 Å². The van der Waals surface area contributed by atoms with Crippen LogP contribution in [0, 0.1) is 0 Å². The van der Waals surface area contributed by atoms with Crippen molar-refractivity contribution in [1.82, 2.24) is 5.43 Å². The zero-order valence-electron chi connectivity index (χ0n) is 14.0. The Kier molecular flexibility index (Phi) is 4.14. The van der Waals surface area contributed by atoms with E-state index in [1.54, 1.807) is 18.2 Å². The van der Waals surface area contributed by atoms with Crippen molar-refractivity contribution in [2.75, 3.05) is 0 Å². The summed E-state index contributed by atoms with van der Waals surface area (Å²) in [5.74, 6) is -1.29. The highest BCUT2D eigenvalue weighted by atomic mass is 16.4. The molecule has 1 heterocycles. The van der Waals surface area contributed by atoms with Gasteiger partial charge in [-0.3, -0.25) is 4.79 Å². The standard InChI is InChI=1S/C21H14N2O4/c24-20(23-22-12-13-5-7-15(8-6-13)21(25)26)19-11-17-16-4-2-1-3-14(16)9-10-18(17)27-19/h1-12H,(H,23,24)(H,25,26)/b22-12-. The molecule has 6 heteroatoms. The van der Waals surface area contributed by atoms with Gasteiger partial charge in [-0.25, -0.2) is 10.2 Å². The Morgan fingerprint density at radius 3 is 2.52 bits per heavy atom. The maximum Gasteiger partial charge on any atom is 0.335 e. The van der Waals surface area contributed by atoms with E-state index in [2.05, 4.69) is 10.5 Å². The van der Waals surface area contributed by atoms with Crippen molar-refractivity contribution in [1.29, 1.82) is 0 Å². The highest BCUT2D eigenvalue weighted by Gasteiger charge is 2.13. The minimum atomic E-state index is -0.996. The molecule has 0 aliphatic heterocycles. The number of amides is 1. The van der Waals surface area contributed by atoms with Crippen molar-refractivity contribution in [3.8, 4) is 0 Å². The van der Waals surface area contributed by atoms with Crippen LogP contribution >= 0.6 is 0 Å². The van der Waals surface area contributed by atoms with Gasteiger partial charge < -0.3 is 9.52 Å². The smallest absolute Gasteiger partial charge is 0.335 e. The summed E-state index contributed by atoms with van der Waals surface area (Å²) in [6.45, 7) is 0. The highest BCUT2D eigenvalue weighted by Crippen LogP contribution is 2.28. The fourth-order valence-electron chi connectivity index (χ4n) is 2.84. The van der Waals surface area contributed by atoms with Crippen LogP contribution in [-0.4, -0.2) is 23.2 Å². The molecule has 0 unspecified atom stereocenters. The van der Waals surface area contributed by atoms with E-state index in [-0.39, 0.29) is 11.3 Å². The molecule has 27 heavy (non-hydrogen) atoms. The van der Waals surface area contributed by atoms with Crippen molar-refractivity contribution in [2.45, 2.75) is 0 Å². The average molecular weight is 358 g/mol. The highest BCUT2D eigenvalue weighted by molar-refractivity contribution is 6.08. The molecule has 0 saturated heterocycles. The van der Waals surface area contributed by atoms with Gasteiger partial charge in [-0.1, -0.05) is 42.5 Å². The number of hydrazone groups is 1. The Labute approximate surface area is 153 Å². The number of aromatic carboxylic acids is 1. The molecule has 132 valence electrons. The zero-order valence-corrected chi connectivity index (χ0v) is 14.0. The Balaban J connectivity index is 1.52. The van der Waals surface area contributed by atoms with Crippen LogP contribution in [0.2, 0.25) is 0 Å². The van der Waals surface area contributed by atoms with Gasteiger partial charge in [0.15, 0.2) is 5.76 Å². The number of hydrogen-bond acceptors (Lipinski definition) is 4. The second-order valence-corrected chi connectivity index (χ2v) is 5.94. The maximum absolute atomic E-state index is 12.3. The number of carbonyl (C=O) groups is 2. The van der Waals surface area contributed by atoms with E-state index < -0.39 is 11.9 Å². The third-order valence-electron chi connectivity index (χ3n) is 4.19. The van der Waals surface area contributed by atoms with E-state index >= 15 is 0 Å². The number of fused-ring (bicyclic) bond motifs is 3. The van der Waals surface area contributed by atoms with Gasteiger partial charge in [-0.05, 0) is 40.6 Å². The molecule has 0 bridgehead atoms. The second kappa shape index (κ2) is 6.76. The molecule has 0 fully saturated rings. The summed E-state index contributed by atoms with van der Waals surface area (Å²) in [6, 6.07) is 19.5. The first-order chi connectivity index (χ1) is 13.1. The van der Waals surface area contributed by atoms with Gasteiger partial charge >= 0.3 is 11.9 Å². The molecule has 2 N–H and O–H groups in total. The summed E-state index contributed by atoms with van der Waals surface area (Å²) in [6.07, 6.45) is 1.43. The summed E-state index contributed by atoms with van der Waals surface area (Å²) in [4.78, 5) is 23.1. The largest absolute Gasteiger partial charge is 0.478 e. The molecule has 4 rings (SSSR count). The average Bonchev–Trinajstić information content (AvgIpc) is 3.13. The minimum absolute atomic E-state index is 0.166. The Morgan fingerprint density at radius 2 is 1.74 bits per heavy atom. The van der Waals surface area contributed by atoms with Crippen LogP contribution in [0.3, 0.4) is 0 Å². The SMILES string of the molecule is O=C(O)c1ccc(/C=N\NC(=O)c2cc3c(ccc4ccccc43)o2)cc1. The fraction of sp³-hybridized carbons (Fsp3) is 0. The molecular formula is C21H14N2O4. The normalized spacial score (nSPS) is 11.3. The van der Waals surface area contributed by atoms with Gasteiger partial charge in [0.05, 0.1) is 11.8 Å². The summed E-state index contributed by atoms with van der Waals surface area (Å²) in [5.41, 5.74) is 3.89. The number of benzene rings is 3. The van der Waals surface area contributed by atoms with Crippen molar-refractivity contribution in [2.24, 2.45) is 5.10 Å². The van der Waals surface area contributed by atoms with Crippen LogP contribution in [0.4, 0.5) is 0 Å². The van der Waals surface area contributed by atoms with Gasteiger partial charge in [0, 0.05) is 5.39 Å². The van der Waals surface area contributed by atoms with E-state index in [1.807, 2.05) is 36.4 Å². The Bertz CT molecular complexity index is 1190. The zero-order chi connectivity index (χ0) is 18.8. The molecule has 0 radical (unpaired) electrons. The number of rotatable bonds is 4. The molecule has 0 aliphatic carbocycles. The van der Waals surface area contributed by atoms with E-state index in [0.29, 0.717) is 11.1 Å². The van der Waals surface area contributed by atoms with Gasteiger partial charge in [0.2, 0.25) is 0 Å². The number of carboxylic acid groups (broad SMARTS) is 1. The summed E-state index contributed by atoms with van der Waals surface area (Å²) in [5, 5.41) is 15.7. The predicted molar refractivity (Wildman–Crippen MR) is 102 cm³/mol. The maximum atomic E-state index is 12.3. The number of furan rings is 1. The lowest BCUT2D eigenvalue weighted by molar-refractivity contribution is 0.0696. The fourth-order valence-corrected chi connectivity index (χ4v) is 2.84. The lowest BCUT2D eigenvalue weighted by Crippen LogP contribution is -2.16. The molecule has 0 spiro atoms. The van der Waals surface area contributed by atoms with Gasteiger partial charge in [-0.2, -0.15) is 5.10 Å². The summed E-state index contributed by atoms with van der Waals surface area (Å²) in [7, 11) is 0. The third-order valence-corrected chi connectivity index (χ3v) is 4.19. The summed E-state index contributed by atoms with van der Waals surface area (Å²) >= 11 is 0. The number of nitrogens with zero attached hydrogens (tertiary/aromatic N) is 1. The Morgan fingerprint density at radius 1 is 0.963 bits per heavy atom. The molecule has 0 saturated carbocycles.